The molecule has 162 valence electrons. The Morgan fingerprint density at radius 2 is 0.750 bits per heavy atom. The van der Waals surface area contributed by atoms with Crippen LogP contribution in [-0.4, -0.2) is 23.6 Å². The molecule has 0 heterocycles. The molecule has 4 amide bonds. The topological polar surface area (TPSA) is 116 Å². The Labute approximate surface area is 192 Å². The molecule has 0 unspecified atom stereocenters. The summed E-state index contributed by atoms with van der Waals surface area (Å²) in [5.41, 5.74) is 1.21. The van der Waals surface area contributed by atoms with Crippen molar-refractivity contribution in [3.05, 3.63) is 82.8 Å². The van der Waals surface area contributed by atoms with Gasteiger partial charge in [-0.2, -0.15) is 0 Å². The van der Waals surface area contributed by atoms with Crippen LogP contribution >= 0.6 is 23.2 Å². The molecule has 3 aromatic rings. The lowest BCUT2D eigenvalue weighted by atomic mass is 10.2. The van der Waals surface area contributed by atoms with Gasteiger partial charge in [-0.05, 0) is 54.6 Å². The van der Waals surface area contributed by atoms with Gasteiger partial charge in [0.15, 0.2) is 0 Å². The maximum atomic E-state index is 12.2. The average Bonchev–Trinajstić information content (AvgIpc) is 2.74. The van der Waals surface area contributed by atoms with Crippen molar-refractivity contribution in [3.8, 4) is 0 Å². The number of carbonyl (C=O) groups is 4. The summed E-state index contributed by atoms with van der Waals surface area (Å²) in [6, 6.07) is 18.7. The number of halogens is 2. The highest BCUT2D eigenvalue weighted by atomic mass is 35.5. The van der Waals surface area contributed by atoms with Crippen LogP contribution in [0.3, 0.4) is 0 Å². The Balaban J connectivity index is 1.58. The van der Waals surface area contributed by atoms with Crippen molar-refractivity contribution in [2.75, 3.05) is 21.3 Å². The number of hydrogen-bond acceptors (Lipinski definition) is 4. The maximum absolute atomic E-state index is 12.2. The van der Waals surface area contributed by atoms with E-state index in [-0.39, 0.29) is 11.4 Å². The van der Waals surface area contributed by atoms with Crippen LogP contribution < -0.4 is 21.3 Å². The number of hydrogen-bond donors (Lipinski definition) is 4. The second kappa shape index (κ2) is 10.4. The van der Waals surface area contributed by atoms with Crippen LogP contribution in [0.15, 0.2) is 72.8 Å². The first-order chi connectivity index (χ1) is 15.3. The van der Waals surface area contributed by atoms with Crippen LogP contribution in [0.5, 0.6) is 0 Å². The van der Waals surface area contributed by atoms with Crippen molar-refractivity contribution in [3.63, 3.8) is 0 Å². The van der Waals surface area contributed by atoms with Crippen molar-refractivity contribution in [1.29, 1.82) is 0 Å². The van der Waals surface area contributed by atoms with Gasteiger partial charge in [-0.1, -0.05) is 41.4 Å². The minimum atomic E-state index is -0.924. The average molecular weight is 471 g/mol. The smallest absolute Gasteiger partial charge is 0.314 e. The summed E-state index contributed by atoms with van der Waals surface area (Å²) in [4.78, 5) is 48.5. The second-order valence-electron chi connectivity index (χ2n) is 6.42. The molecule has 0 aromatic heterocycles. The van der Waals surface area contributed by atoms with E-state index < -0.39 is 23.6 Å². The van der Waals surface area contributed by atoms with Gasteiger partial charge in [0.1, 0.15) is 0 Å². The molecular weight excluding hydrogens is 455 g/mol. The standard InChI is InChI=1S/C22H16Cl2N4O4/c23-13-4-1-6-15(10-13)25-19(29)21(31)27-17-8-3-9-18(12-17)28-22(32)20(30)26-16-7-2-5-14(24)11-16/h1-12H,(H,25,29)(H,26,30)(H,27,31)(H,28,32). The molecule has 8 nitrogen and oxygen atoms in total. The summed E-state index contributed by atoms with van der Waals surface area (Å²) in [5, 5.41) is 10.5. The van der Waals surface area contributed by atoms with Crippen LogP contribution in [0.2, 0.25) is 10.0 Å². The quantitative estimate of drug-likeness (QED) is 0.428. The van der Waals surface area contributed by atoms with E-state index >= 15 is 0 Å². The van der Waals surface area contributed by atoms with E-state index in [1.165, 1.54) is 36.4 Å². The van der Waals surface area contributed by atoms with Gasteiger partial charge in [0.2, 0.25) is 0 Å². The van der Waals surface area contributed by atoms with E-state index in [4.69, 9.17) is 23.2 Å². The normalized spacial score (nSPS) is 10.1. The lowest BCUT2D eigenvalue weighted by molar-refractivity contribution is -0.133. The number of amides is 4. The predicted octanol–water partition coefficient (Wildman–Crippen LogP) is 4.15. The molecule has 0 spiro atoms. The predicted molar refractivity (Wildman–Crippen MR) is 124 cm³/mol. The molecule has 3 aromatic carbocycles. The first kappa shape index (κ1) is 22.8. The van der Waals surface area contributed by atoms with Crippen LogP contribution in [0, 0.1) is 0 Å². The highest BCUT2D eigenvalue weighted by Gasteiger charge is 2.16. The summed E-state index contributed by atoms with van der Waals surface area (Å²) < 4.78 is 0. The zero-order valence-electron chi connectivity index (χ0n) is 16.3. The number of carbonyl (C=O) groups excluding carboxylic acids is 4. The van der Waals surface area contributed by atoms with E-state index in [0.717, 1.165) is 0 Å². The van der Waals surface area contributed by atoms with Gasteiger partial charge in [-0.25, -0.2) is 0 Å². The van der Waals surface area contributed by atoms with Gasteiger partial charge in [0, 0.05) is 32.8 Å². The molecule has 0 bridgehead atoms. The minimum absolute atomic E-state index is 0.240. The van der Waals surface area contributed by atoms with Gasteiger partial charge < -0.3 is 21.3 Å². The third kappa shape index (κ3) is 6.56. The lowest BCUT2D eigenvalue weighted by Crippen LogP contribution is -2.30. The molecule has 0 saturated carbocycles. The van der Waals surface area contributed by atoms with Crippen molar-refractivity contribution < 1.29 is 19.2 Å². The van der Waals surface area contributed by atoms with E-state index in [1.807, 2.05) is 0 Å². The molecule has 0 aliphatic heterocycles. The van der Waals surface area contributed by atoms with Gasteiger partial charge in [0.25, 0.3) is 0 Å². The summed E-state index contributed by atoms with van der Waals surface area (Å²) in [6.45, 7) is 0. The fourth-order valence-corrected chi connectivity index (χ4v) is 2.94. The van der Waals surface area contributed by atoms with Crippen molar-refractivity contribution in [1.82, 2.24) is 0 Å². The molecule has 0 fully saturated rings. The number of rotatable bonds is 4. The Morgan fingerprint density at radius 1 is 0.469 bits per heavy atom. The Kier molecular flexibility index (Phi) is 7.43. The van der Waals surface area contributed by atoms with Crippen molar-refractivity contribution in [2.45, 2.75) is 0 Å². The van der Waals surface area contributed by atoms with Crippen LogP contribution in [0.1, 0.15) is 0 Å². The molecule has 4 N–H and O–H groups in total. The SMILES string of the molecule is O=C(Nc1cccc(Cl)c1)C(=O)Nc1cccc(NC(=O)C(=O)Nc2cccc(Cl)c2)c1. The molecular formula is C22H16Cl2N4O4. The zero-order valence-corrected chi connectivity index (χ0v) is 17.8. The molecule has 32 heavy (non-hydrogen) atoms. The summed E-state index contributed by atoms with van der Waals surface area (Å²) >= 11 is 11.7. The number of benzene rings is 3. The fourth-order valence-electron chi connectivity index (χ4n) is 2.56. The van der Waals surface area contributed by atoms with Crippen LogP contribution in [-0.2, 0) is 19.2 Å². The summed E-state index contributed by atoms with van der Waals surface area (Å²) in [5.74, 6) is -3.65. The molecule has 3 rings (SSSR count). The molecule has 0 atom stereocenters. The van der Waals surface area contributed by atoms with E-state index in [0.29, 0.717) is 21.4 Å². The monoisotopic (exact) mass is 470 g/mol. The summed E-state index contributed by atoms with van der Waals surface area (Å²) in [6.07, 6.45) is 0. The van der Waals surface area contributed by atoms with E-state index in [9.17, 15) is 19.2 Å². The van der Waals surface area contributed by atoms with Crippen LogP contribution in [0.4, 0.5) is 22.7 Å². The van der Waals surface area contributed by atoms with Gasteiger partial charge in [-0.3, -0.25) is 19.2 Å². The zero-order chi connectivity index (χ0) is 23.1. The third-order valence-corrected chi connectivity index (χ3v) is 4.43. The van der Waals surface area contributed by atoms with Gasteiger partial charge >= 0.3 is 23.6 Å². The molecule has 10 heteroatoms. The largest absolute Gasteiger partial charge is 0.318 e. The Morgan fingerprint density at radius 3 is 1.06 bits per heavy atom. The first-order valence-electron chi connectivity index (χ1n) is 9.16. The first-order valence-corrected chi connectivity index (χ1v) is 9.91. The Hall–Kier alpha value is -3.88. The third-order valence-electron chi connectivity index (χ3n) is 3.96. The van der Waals surface area contributed by atoms with Crippen molar-refractivity contribution >= 4 is 69.6 Å². The number of nitrogens with one attached hydrogen (secondary N) is 4. The number of anilines is 4. The minimum Gasteiger partial charge on any atom is -0.318 e. The fraction of sp³-hybridized carbons (Fsp3) is 0. The highest BCUT2D eigenvalue weighted by molar-refractivity contribution is 6.44. The molecule has 0 aliphatic rings. The maximum Gasteiger partial charge on any atom is 0.314 e. The van der Waals surface area contributed by atoms with Gasteiger partial charge in [-0.15, -0.1) is 0 Å². The van der Waals surface area contributed by atoms with Gasteiger partial charge in [0.05, 0.1) is 0 Å². The lowest BCUT2D eigenvalue weighted by Gasteiger charge is -2.10. The Bertz CT molecular complexity index is 1110. The molecule has 0 aliphatic carbocycles. The summed E-state index contributed by atoms with van der Waals surface area (Å²) in [7, 11) is 0. The molecule has 0 radical (unpaired) electrons. The van der Waals surface area contributed by atoms with E-state index in [1.54, 1.807) is 36.4 Å². The van der Waals surface area contributed by atoms with Crippen LogP contribution in [0.25, 0.3) is 0 Å². The molecule has 0 saturated heterocycles. The second-order valence-corrected chi connectivity index (χ2v) is 7.29. The van der Waals surface area contributed by atoms with Crippen molar-refractivity contribution in [2.24, 2.45) is 0 Å². The van der Waals surface area contributed by atoms with E-state index in [2.05, 4.69) is 21.3 Å². The highest BCUT2D eigenvalue weighted by Crippen LogP contribution is 2.18.